The van der Waals surface area contributed by atoms with Crippen LogP contribution in [0.15, 0.2) is 30.5 Å². The van der Waals surface area contributed by atoms with Gasteiger partial charge in [-0.3, -0.25) is 4.79 Å². The van der Waals surface area contributed by atoms with Crippen LogP contribution >= 0.6 is 0 Å². The number of Topliss-reactive ketones (excluding diaryl/α,β-unsaturated/α-hetero) is 1. The summed E-state index contributed by atoms with van der Waals surface area (Å²) in [7, 11) is -0.465. The van der Waals surface area contributed by atoms with Crippen molar-refractivity contribution in [2.45, 2.75) is 82.6 Å². The van der Waals surface area contributed by atoms with Gasteiger partial charge in [-0.1, -0.05) is 6.07 Å². The summed E-state index contributed by atoms with van der Waals surface area (Å²) >= 11 is 0. The highest BCUT2D eigenvalue weighted by molar-refractivity contribution is 6.62. The fraction of sp³-hybridized carbons (Fsp3) is 0.500. The lowest BCUT2D eigenvalue weighted by Gasteiger charge is -2.32. The monoisotopic (exact) mass is 490 g/mol. The molecule has 2 aromatic heterocycles. The SMILES string of the molecule is CC1(C)OB(c2ccc3nc([C@H]4CC(=O)C5c6c(ccn6C4)CC[C@@H]5NC(=O)O)[nH]c3c2)OC1(C)C. The summed E-state index contributed by atoms with van der Waals surface area (Å²) in [4.78, 5) is 33.2. The van der Waals surface area contributed by atoms with Crippen LogP contribution in [0.5, 0.6) is 0 Å². The van der Waals surface area contributed by atoms with Crippen molar-refractivity contribution in [3.63, 3.8) is 0 Å². The number of rotatable bonds is 3. The molecule has 6 rings (SSSR count). The zero-order valence-electron chi connectivity index (χ0n) is 21.0. The minimum absolute atomic E-state index is 0.0514. The lowest BCUT2D eigenvalue weighted by atomic mass is 9.79. The van der Waals surface area contributed by atoms with Crippen LogP contribution in [-0.4, -0.2) is 55.9 Å². The average Bonchev–Trinajstić information content (AvgIpc) is 3.43. The van der Waals surface area contributed by atoms with Crippen LogP contribution in [0.2, 0.25) is 0 Å². The number of benzene rings is 1. The van der Waals surface area contributed by atoms with Crippen LogP contribution in [0, 0.1) is 0 Å². The average molecular weight is 490 g/mol. The fourth-order valence-electron chi connectivity index (χ4n) is 5.86. The van der Waals surface area contributed by atoms with E-state index in [4.69, 9.17) is 14.3 Å². The first-order valence-electron chi connectivity index (χ1n) is 12.6. The number of nitrogens with one attached hydrogen (secondary N) is 2. The van der Waals surface area contributed by atoms with Crippen molar-refractivity contribution in [1.29, 1.82) is 0 Å². The van der Waals surface area contributed by atoms with Gasteiger partial charge in [0.25, 0.3) is 0 Å². The van der Waals surface area contributed by atoms with Crippen LogP contribution in [0.4, 0.5) is 4.79 Å². The van der Waals surface area contributed by atoms with E-state index in [2.05, 4.69) is 20.9 Å². The first kappa shape index (κ1) is 23.3. The molecule has 0 radical (unpaired) electrons. The third-order valence-corrected chi connectivity index (χ3v) is 8.47. The van der Waals surface area contributed by atoms with Crippen molar-refractivity contribution in [2.24, 2.45) is 0 Å². The number of hydrogen-bond acceptors (Lipinski definition) is 5. The Hall–Kier alpha value is -3.11. The second kappa shape index (κ2) is 7.95. The topological polar surface area (TPSA) is 118 Å². The highest BCUT2D eigenvalue weighted by Gasteiger charge is 2.51. The Bertz CT molecular complexity index is 1360. The van der Waals surface area contributed by atoms with Gasteiger partial charge in [-0.15, -0.1) is 0 Å². The third kappa shape index (κ3) is 3.66. The number of aromatic nitrogens is 3. The van der Waals surface area contributed by atoms with Crippen LogP contribution in [-0.2, 0) is 27.1 Å². The van der Waals surface area contributed by atoms with Gasteiger partial charge in [-0.2, -0.15) is 0 Å². The van der Waals surface area contributed by atoms with Crippen LogP contribution < -0.4 is 10.8 Å². The summed E-state index contributed by atoms with van der Waals surface area (Å²) in [6, 6.07) is 7.59. The minimum atomic E-state index is -1.09. The number of carbonyl (C=O) groups excluding carboxylic acids is 1. The number of aryl methyl sites for hydroxylation is 1. The molecule has 188 valence electrons. The van der Waals surface area contributed by atoms with Crippen molar-refractivity contribution in [1.82, 2.24) is 19.9 Å². The molecule has 9 nitrogen and oxygen atoms in total. The van der Waals surface area contributed by atoms with E-state index in [1.165, 1.54) is 0 Å². The molecule has 3 atom stereocenters. The maximum Gasteiger partial charge on any atom is 0.494 e. The second-order valence-corrected chi connectivity index (χ2v) is 11.3. The fourth-order valence-corrected chi connectivity index (χ4v) is 5.86. The van der Waals surface area contributed by atoms with Crippen molar-refractivity contribution in [3.8, 4) is 0 Å². The van der Waals surface area contributed by atoms with E-state index in [0.29, 0.717) is 19.4 Å². The number of imidazole rings is 1. The smallest absolute Gasteiger partial charge is 0.465 e. The number of ketones is 1. The quantitative estimate of drug-likeness (QED) is 0.486. The van der Waals surface area contributed by atoms with Crippen molar-refractivity contribution >= 4 is 35.5 Å². The van der Waals surface area contributed by atoms with E-state index in [9.17, 15) is 14.7 Å². The molecule has 3 N–H and O–H groups in total. The molecule has 4 heterocycles. The molecule has 3 aliphatic rings. The summed E-state index contributed by atoms with van der Waals surface area (Å²) in [5, 5.41) is 11.9. The molecule has 0 bridgehead atoms. The molecule has 1 unspecified atom stereocenters. The summed E-state index contributed by atoms with van der Waals surface area (Å²) in [5.74, 6) is 0.200. The predicted octanol–water partition coefficient (Wildman–Crippen LogP) is 3.09. The van der Waals surface area contributed by atoms with E-state index in [-0.39, 0.29) is 11.7 Å². The Morgan fingerprint density at radius 3 is 2.69 bits per heavy atom. The molecular weight excluding hydrogens is 459 g/mol. The lowest BCUT2D eigenvalue weighted by molar-refractivity contribution is -0.121. The van der Waals surface area contributed by atoms with E-state index in [1.807, 2.05) is 52.1 Å². The summed E-state index contributed by atoms with van der Waals surface area (Å²) in [5.41, 5.74) is 3.84. The lowest BCUT2D eigenvalue weighted by Crippen LogP contribution is -2.44. The van der Waals surface area contributed by atoms with Gasteiger partial charge >= 0.3 is 13.2 Å². The maximum absolute atomic E-state index is 13.5. The van der Waals surface area contributed by atoms with Crippen LogP contribution in [0.3, 0.4) is 0 Å². The Morgan fingerprint density at radius 2 is 1.97 bits per heavy atom. The number of amides is 1. The highest BCUT2D eigenvalue weighted by atomic mass is 16.7. The number of H-pyrrole nitrogens is 1. The third-order valence-electron chi connectivity index (χ3n) is 8.47. The van der Waals surface area contributed by atoms with Gasteiger partial charge in [-0.25, -0.2) is 9.78 Å². The number of hydrogen-bond donors (Lipinski definition) is 3. The molecule has 1 aliphatic carbocycles. The predicted molar refractivity (Wildman–Crippen MR) is 135 cm³/mol. The van der Waals surface area contributed by atoms with Crippen molar-refractivity contribution in [3.05, 3.63) is 47.5 Å². The molecule has 36 heavy (non-hydrogen) atoms. The Morgan fingerprint density at radius 1 is 1.22 bits per heavy atom. The molecular formula is C26H31BN4O5. The second-order valence-electron chi connectivity index (χ2n) is 11.3. The van der Waals surface area contributed by atoms with Gasteiger partial charge in [0.15, 0.2) is 0 Å². The Balaban J connectivity index is 1.31. The van der Waals surface area contributed by atoms with Crippen molar-refractivity contribution < 1.29 is 24.0 Å². The molecule has 10 heteroatoms. The van der Waals surface area contributed by atoms with Crippen molar-refractivity contribution in [2.75, 3.05) is 0 Å². The van der Waals surface area contributed by atoms with Gasteiger partial charge in [-0.05, 0) is 69.8 Å². The number of carbonyl (C=O) groups is 2. The first-order chi connectivity index (χ1) is 17.0. The van der Waals surface area contributed by atoms with Gasteiger partial charge in [0, 0.05) is 36.8 Å². The summed E-state index contributed by atoms with van der Waals surface area (Å²) in [6.07, 6.45) is 2.61. The standard InChI is InChI=1S/C26H31BN4O5/c1-25(2)26(3,4)36-27(35-25)16-6-8-17-19(12-16)29-23(28-17)15-11-20(32)21-18(30-24(33)34)7-5-14-9-10-31(13-15)22(14)21/h6,8-10,12,15,18,21,30H,5,7,11,13H2,1-4H3,(H,28,29)(H,33,34)/t15-,18-,21?/m0/s1. The Labute approximate surface area is 209 Å². The highest BCUT2D eigenvalue weighted by Crippen LogP contribution is 2.40. The van der Waals surface area contributed by atoms with E-state index < -0.39 is 36.4 Å². The zero-order valence-corrected chi connectivity index (χ0v) is 21.0. The van der Waals surface area contributed by atoms with Gasteiger partial charge < -0.3 is 29.3 Å². The minimum Gasteiger partial charge on any atom is -0.465 e. The van der Waals surface area contributed by atoms with Gasteiger partial charge in [0.1, 0.15) is 11.6 Å². The first-order valence-corrected chi connectivity index (χ1v) is 12.6. The van der Waals surface area contributed by atoms with E-state index in [0.717, 1.165) is 40.0 Å². The largest absolute Gasteiger partial charge is 0.494 e. The molecule has 1 aromatic carbocycles. The van der Waals surface area contributed by atoms with E-state index >= 15 is 0 Å². The molecule has 0 saturated carbocycles. The summed E-state index contributed by atoms with van der Waals surface area (Å²) < 4.78 is 14.5. The number of aromatic amines is 1. The molecule has 1 saturated heterocycles. The molecule has 0 spiro atoms. The molecule has 1 fully saturated rings. The summed E-state index contributed by atoms with van der Waals surface area (Å²) in [6.45, 7) is 8.74. The number of carboxylic acid groups (broad SMARTS) is 1. The molecule has 2 aliphatic heterocycles. The van der Waals surface area contributed by atoms with Crippen LogP contribution in [0.25, 0.3) is 11.0 Å². The van der Waals surface area contributed by atoms with Gasteiger partial charge in [0.05, 0.1) is 28.2 Å². The number of nitrogens with zero attached hydrogens (tertiary/aromatic N) is 2. The van der Waals surface area contributed by atoms with Crippen LogP contribution in [0.1, 0.15) is 69.5 Å². The molecule has 3 aromatic rings. The van der Waals surface area contributed by atoms with Gasteiger partial charge in [0.2, 0.25) is 0 Å². The Kier molecular flexibility index (Phi) is 5.14. The zero-order chi connectivity index (χ0) is 25.4. The maximum atomic E-state index is 13.5. The number of fused-ring (bicyclic) bond motifs is 1. The molecule has 1 amide bonds. The van der Waals surface area contributed by atoms with E-state index in [1.54, 1.807) is 0 Å². The normalized spacial score (nSPS) is 26.6.